The zero-order valence-electron chi connectivity index (χ0n) is 12.0. The van der Waals surface area contributed by atoms with Gasteiger partial charge >= 0.3 is 5.97 Å². The number of ether oxygens (including phenoxy) is 1. The number of esters is 1. The Bertz CT molecular complexity index is 643. The molecule has 1 aromatic carbocycles. The zero-order chi connectivity index (χ0) is 14.5. The molecule has 106 valence electrons. The summed E-state index contributed by atoms with van der Waals surface area (Å²) in [5, 5.41) is 3.25. The van der Waals surface area contributed by atoms with Crippen molar-refractivity contribution in [3.05, 3.63) is 35.8 Å². The molecule has 0 spiro atoms. The predicted molar refractivity (Wildman–Crippen MR) is 79.3 cm³/mol. The molecule has 0 bridgehead atoms. The van der Waals surface area contributed by atoms with E-state index in [0.717, 1.165) is 22.4 Å². The number of rotatable bonds is 5. The molecule has 0 radical (unpaired) electrons. The largest absolute Gasteiger partial charge is 0.463 e. The van der Waals surface area contributed by atoms with Crippen molar-refractivity contribution in [2.45, 2.75) is 27.2 Å². The van der Waals surface area contributed by atoms with E-state index in [2.05, 4.69) is 15.3 Å². The van der Waals surface area contributed by atoms with Crippen molar-refractivity contribution in [2.75, 3.05) is 11.9 Å². The van der Waals surface area contributed by atoms with Crippen LogP contribution in [0.2, 0.25) is 0 Å². The number of imidazole rings is 1. The van der Waals surface area contributed by atoms with Gasteiger partial charge in [-0.05, 0) is 38.5 Å². The summed E-state index contributed by atoms with van der Waals surface area (Å²) in [6, 6.07) is 5.83. The summed E-state index contributed by atoms with van der Waals surface area (Å²) in [6.45, 7) is 6.01. The van der Waals surface area contributed by atoms with Crippen molar-refractivity contribution < 1.29 is 9.53 Å². The quantitative estimate of drug-likeness (QED) is 0.648. The molecule has 2 rings (SSSR count). The second kappa shape index (κ2) is 6.23. The molecule has 0 aliphatic rings. The van der Waals surface area contributed by atoms with Crippen LogP contribution in [-0.2, 0) is 9.53 Å². The van der Waals surface area contributed by atoms with E-state index in [9.17, 15) is 4.79 Å². The molecule has 2 aromatic rings. The van der Waals surface area contributed by atoms with Gasteiger partial charge in [-0.1, -0.05) is 6.92 Å². The lowest BCUT2D eigenvalue weighted by atomic mass is 10.1. The zero-order valence-corrected chi connectivity index (χ0v) is 12.0. The summed E-state index contributed by atoms with van der Waals surface area (Å²) in [7, 11) is 0. The lowest BCUT2D eigenvalue weighted by Crippen LogP contribution is -2.12. The second-order valence-electron chi connectivity index (χ2n) is 4.44. The van der Waals surface area contributed by atoms with Gasteiger partial charge in [0.05, 0.1) is 29.5 Å². The fourth-order valence-corrected chi connectivity index (χ4v) is 2.09. The van der Waals surface area contributed by atoms with Crippen LogP contribution < -0.4 is 5.32 Å². The number of benzene rings is 1. The van der Waals surface area contributed by atoms with E-state index in [4.69, 9.17) is 4.74 Å². The number of carbonyl (C=O) groups excluding carboxylic acids is 1. The van der Waals surface area contributed by atoms with E-state index >= 15 is 0 Å². The molecule has 1 heterocycles. The van der Waals surface area contributed by atoms with Gasteiger partial charge in [0.1, 0.15) is 0 Å². The van der Waals surface area contributed by atoms with Gasteiger partial charge in [-0.3, -0.25) is 0 Å². The van der Waals surface area contributed by atoms with Crippen LogP contribution in [0.25, 0.3) is 11.0 Å². The smallest absolute Gasteiger partial charge is 0.335 e. The highest BCUT2D eigenvalue weighted by Crippen LogP contribution is 2.19. The molecular formula is C15H19N3O2. The molecule has 2 N–H and O–H groups in total. The molecule has 20 heavy (non-hydrogen) atoms. The maximum atomic E-state index is 11.8. The van der Waals surface area contributed by atoms with Crippen molar-refractivity contribution in [2.24, 2.45) is 0 Å². The van der Waals surface area contributed by atoms with Crippen LogP contribution in [0.5, 0.6) is 0 Å². The van der Waals surface area contributed by atoms with Crippen LogP contribution in [0, 0.1) is 0 Å². The highest BCUT2D eigenvalue weighted by Gasteiger charge is 2.12. The minimum atomic E-state index is -0.261. The Balaban J connectivity index is 2.23. The summed E-state index contributed by atoms with van der Waals surface area (Å²) >= 11 is 0. The number of carbonyl (C=O) groups is 1. The molecule has 0 amide bonds. The van der Waals surface area contributed by atoms with Gasteiger partial charge in [-0.25, -0.2) is 9.78 Å². The average Bonchev–Trinajstić information content (AvgIpc) is 2.87. The first-order valence-electron chi connectivity index (χ1n) is 6.72. The first-order chi connectivity index (χ1) is 9.65. The van der Waals surface area contributed by atoms with Crippen molar-refractivity contribution in [3.8, 4) is 0 Å². The van der Waals surface area contributed by atoms with Crippen LogP contribution in [0.1, 0.15) is 27.2 Å². The van der Waals surface area contributed by atoms with Crippen molar-refractivity contribution in [1.29, 1.82) is 0 Å². The molecule has 0 aliphatic heterocycles. The van der Waals surface area contributed by atoms with Gasteiger partial charge in [0.2, 0.25) is 0 Å². The monoisotopic (exact) mass is 273 g/mol. The lowest BCUT2D eigenvalue weighted by Gasteiger charge is -2.12. The standard InChI is InChI=1S/C15H19N3O2/c1-4-12(15(19)20-5-2)10(3)18-11-6-7-13-14(8-11)17-9-16-13/h6-9,18H,4-5H2,1-3H3,(H,16,17). The first-order valence-corrected chi connectivity index (χ1v) is 6.72. The van der Waals surface area contributed by atoms with Gasteiger partial charge in [0.15, 0.2) is 0 Å². The van der Waals surface area contributed by atoms with Gasteiger partial charge in [-0.2, -0.15) is 0 Å². The number of anilines is 1. The number of nitrogens with zero attached hydrogens (tertiary/aromatic N) is 1. The Morgan fingerprint density at radius 1 is 1.40 bits per heavy atom. The Kier molecular flexibility index (Phi) is 4.40. The Morgan fingerprint density at radius 2 is 2.20 bits per heavy atom. The lowest BCUT2D eigenvalue weighted by molar-refractivity contribution is -0.138. The molecule has 1 aromatic heterocycles. The number of fused-ring (bicyclic) bond motifs is 1. The van der Waals surface area contributed by atoms with Crippen LogP contribution >= 0.6 is 0 Å². The van der Waals surface area contributed by atoms with E-state index in [1.807, 2.05) is 32.0 Å². The first kappa shape index (κ1) is 14.1. The number of nitrogens with one attached hydrogen (secondary N) is 2. The molecule has 0 atom stereocenters. The molecular weight excluding hydrogens is 254 g/mol. The topological polar surface area (TPSA) is 67.0 Å². The molecule has 0 fully saturated rings. The Hall–Kier alpha value is -2.30. The Morgan fingerprint density at radius 3 is 2.90 bits per heavy atom. The Labute approximate surface area is 118 Å². The summed E-state index contributed by atoms with van der Waals surface area (Å²) in [4.78, 5) is 19.1. The SMILES string of the molecule is CCOC(=O)C(CC)=C(C)Nc1ccc2nc[nH]c2c1. The van der Waals surface area contributed by atoms with Crippen molar-refractivity contribution in [1.82, 2.24) is 9.97 Å². The summed E-state index contributed by atoms with van der Waals surface area (Å²) in [6.07, 6.45) is 2.29. The highest BCUT2D eigenvalue weighted by molar-refractivity contribution is 5.90. The normalized spacial score (nSPS) is 12.2. The van der Waals surface area contributed by atoms with E-state index in [0.29, 0.717) is 18.6 Å². The fraction of sp³-hybridized carbons (Fsp3) is 0.333. The van der Waals surface area contributed by atoms with Crippen LogP contribution in [-0.4, -0.2) is 22.5 Å². The highest BCUT2D eigenvalue weighted by atomic mass is 16.5. The van der Waals surface area contributed by atoms with Crippen LogP contribution in [0.3, 0.4) is 0 Å². The number of allylic oxidation sites excluding steroid dienone is 1. The summed E-state index contributed by atoms with van der Waals surface area (Å²) < 4.78 is 5.06. The van der Waals surface area contributed by atoms with Gasteiger partial charge in [0.25, 0.3) is 0 Å². The molecule has 0 aliphatic carbocycles. The molecule has 5 heteroatoms. The second-order valence-corrected chi connectivity index (χ2v) is 4.44. The van der Waals surface area contributed by atoms with E-state index < -0.39 is 0 Å². The average molecular weight is 273 g/mol. The minimum absolute atomic E-state index is 0.261. The maximum absolute atomic E-state index is 11.8. The van der Waals surface area contributed by atoms with Crippen molar-refractivity contribution >= 4 is 22.7 Å². The molecule has 0 saturated carbocycles. The van der Waals surface area contributed by atoms with Gasteiger partial charge < -0.3 is 15.0 Å². The van der Waals surface area contributed by atoms with Crippen molar-refractivity contribution in [3.63, 3.8) is 0 Å². The number of aromatic nitrogens is 2. The van der Waals surface area contributed by atoms with Crippen LogP contribution in [0.15, 0.2) is 35.8 Å². The maximum Gasteiger partial charge on any atom is 0.335 e. The summed E-state index contributed by atoms with van der Waals surface area (Å²) in [5.74, 6) is -0.261. The molecule has 5 nitrogen and oxygen atoms in total. The third kappa shape index (κ3) is 2.99. The van der Waals surface area contributed by atoms with E-state index in [1.165, 1.54) is 0 Å². The third-order valence-electron chi connectivity index (χ3n) is 3.08. The fourth-order valence-electron chi connectivity index (χ4n) is 2.09. The number of hydrogen-bond donors (Lipinski definition) is 2. The number of hydrogen-bond acceptors (Lipinski definition) is 4. The van der Waals surface area contributed by atoms with Gasteiger partial charge in [-0.15, -0.1) is 0 Å². The van der Waals surface area contributed by atoms with E-state index in [-0.39, 0.29) is 5.97 Å². The third-order valence-corrected chi connectivity index (χ3v) is 3.08. The molecule has 0 saturated heterocycles. The number of aromatic amines is 1. The van der Waals surface area contributed by atoms with E-state index in [1.54, 1.807) is 13.3 Å². The van der Waals surface area contributed by atoms with Gasteiger partial charge in [0, 0.05) is 11.4 Å². The minimum Gasteiger partial charge on any atom is -0.463 e. The summed E-state index contributed by atoms with van der Waals surface area (Å²) in [5.41, 5.74) is 4.26. The molecule has 0 unspecified atom stereocenters. The number of H-pyrrole nitrogens is 1. The predicted octanol–water partition coefficient (Wildman–Crippen LogP) is 3.22. The van der Waals surface area contributed by atoms with Crippen LogP contribution in [0.4, 0.5) is 5.69 Å².